The van der Waals surface area contributed by atoms with Gasteiger partial charge in [-0.15, -0.1) is 0 Å². The Labute approximate surface area is 131 Å². The highest BCUT2D eigenvalue weighted by molar-refractivity contribution is 7.99. The summed E-state index contributed by atoms with van der Waals surface area (Å²) in [5.74, 6) is -0.377. The molecule has 0 saturated carbocycles. The van der Waals surface area contributed by atoms with Crippen molar-refractivity contribution in [3.63, 3.8) is 0 Å². The summed E-state index contributed by atoms with van der Waals surface area (Å²) in [6.45, 7) is 2.10. The van der Waals surface area contributed by atoms with Crippen LogP contribution in [0.15, 0.2) is 46.5 Å². The van der Waals surface area contributed by atoms with Gasteiger partial charge in [-0.05, 0) is 37.3 Å². The van der Waals surface area contributed by atoms with Crippen molar-refractivity contribution in [2.45, 2.75) is 16.8 Å². The van der Waals surface area contributed by atoms with E-state index in [0.717, 1.165) is 9.92 Å². The summed E-state index contributed by atoms with van der Waals surface area (Å²) in [4.78, 5) is 16.5. The Morgan fingerprint density at radius 2 is 2.10 bits per heavy atom. The number of halogens is 2. The number of ether oxygens (including phenoxy) is 1. The Morgan fingerprint density at radius 1 is 1.30 bits per heavy atom. The van der Waals surface area contributed by atoms with Crippen molar-refractivity contribution in [3.8, 4) is 0 Å². The van der Waals surface area contributed by atoms with E-state index in [1.54, 1.807) is 37.3 Å². The lowest BCUT2D eigenvalue weighted by atomic mass is 10.3. The smallest absolute Gasteiger partial charge is 0.339 e. The van der Waals surface area contributed by atoms with E-state index in [1.165, 1.54) is 18.0 Å². The summed E-state index contributed by atoms with van der Waals surface area (Å²) in [5.41, 5.74) is 0.424. The third-order valence-electron chi connectivity index (χ3n) is 2.36. The molecule has 1 aromatic heterocycles. The van der Waals surface area contributed by atoms with Crippen LogP contribution in [-0.2, 0) is 4.74 Å². The average Bonchev–Trinajstić information content (AvgIpc) is 2.44. The van der Waals surface area contributed by atoms with E-state index in [-0.39, 0.29) is 5.97 Å². The molecule has 0 fully saturated rings. The molecule has 0 aliphatic rings. The highest BCUT2D eigenvalue weighted by Gasteiger charge is 2.09. The SMILES string of the molecule is CCOC(=O)c1ccc(Sc2cc(Cl)ccc2Cl)nc1. The average molecular weight is 328 g/mol. The van der Waals surface area contributed by atoms with Crippen LogP contribution in [-0.4, -0.2) is 17.6 Å². The van der Waals surface area contributed by atoms with Crippen molar-refractivity contribution in [3.05, 3.63) is 52.1 Å². The van der Waals surface area contributed by atoms with Crippen LogP contribution >= 0.6 is 35.0 Å². The fourth-order valence-electron chi connectivity index (χ4n) is 1.44. The Morgan fingerprint density at radius 3 is 2.75 bits per heavy atom. The fraction of sp³-hybridized carbons (Fsp3) is 0.143. The number of carbonyl (C=O) groups is 1. The zero-order valence-corrected chi connectivity index (χ0v) is 12.9. The van der Waals surface area contributed by atoms with Crippen LogP contribution in [0.3, 0.4) is 0 Å². The van der Waals surface area contributed by atoms with Crippen molar-refractivity contribution in [1.29, 1.82) is 0 Å². The van der Waals surface area contributed by atoms with Gasteiger partial charge in [-0.1, -0.05) is 35.0 Å². The number of aromatic nitrogens is 1. The Kier molecular flexibility index (Phi) is 5.29. The molecule has 0 unspecified atom stereocenters. The monoisotopic (exact) mass is 327 g/mol. The van der Waals surface area contributed by atoms with Crippen LogP contribution in [0, 0.1) is 0 Å². The molecule has 6 heteroatoms. The number of pyridine rings is 1. The van der Waals surface area contributed by atoms with Gasteiger partial charge in [0.05, 0.1) is 17.2 Å². The van der Waals surface area contributed by atoms with Gasteiger partial charge >= 0.3 is 5.97 Å². The molecule has 3 nitrogen and oxygen atoms in total. The predicted octanol–water partition coefficient (Wildman–Crippen LogP) is 4.72. The zero-order chi connectivity index (χ0) is 14.5. The number of hydrogen-bond acceptors (Lipinski definition) is 4. The molecule has 0 bridgehead atoms. The second-order valence-corrected chi connectivity index (χ2v) is 5.69. The summed E-state index contributed by atoms with van der Waals surface area (Å²) in [5, 5.41) is 1.94. The summed E-state index contributed by atoms with van der Waals surface area (Å²) < 4.78 is 4.90. The first-order chi connectivity index (χ1) is 9.60. The first-order valence-corrected chi connectivity index (χ1v) is 7.43. The van der Waals surface area contributed by atoms with Crippen LogP contribution in [0.1, 0.15) is 17.3 Å². The highest BCUT2D eigenvalue weighted by Crippen LogP contribution is 2.34. The summed E-state index contributed by atoms with van der Waals surface area (Å²) >= 11 is 13.4. The van der Waals surface area contributed by atoms with E-state index in [4.69, 9.17) is 27.9 Å². The van der Waals surface area contributed by atoms with Gasteiger partial charge < -0.3 is 4.74 Å². The second-order valence-electron chi connectivity index (χ2n) is 3.78. The maximum atomic E-state index is 11.5. The van der Waals surface area contributed by atoms with Crippen molar-refractivity contribution in [1.82, 2.24) is 4.98 Å². The maximum absolute atomic E-state index is 11.5. The molecule has 1 aromatic carbocycles. The molecule has 0 N–H and O–H groups in total. The van der Waals surface area contributed by atoms with Gasteiger partial charge in [0.25, 0.3) is 0 Å². The first kappa shape index (κ1) is 15.2. The number of esters is 1. The molecule has 0 atom stereocenters. The topological polar surface area (TPSA) is 39.2 Å². The molecule has 0 spiro atoms. The Bertz CT molecular complexity index is 617. The second kappa shape index (κ2) is 6.97. The minimum Gasteiger partial charge on any atom is -0.462 e. The quantitative estimate of drug-likeness (QED) is 0.762. The van der Waals surface area contributed by atoms with Crippen LogP contribution < -0.4 is 0 Å². The van der Waals surface area contributed by atoms with Gasteiger partial charge in [-0.3, -0.25) is 0 Å². The molecular formula is C14H11Cl2NO2S. The minimum atomic E-state index is -0.377. The van der Waals surface area contributed by atoms with Crippen LogP contribution in [0.4, 0.5) is 0 Å². The lowest BCUT2D eigenvalue weighted by Crippen LogP contribution is -2.04. The lowest BCUT2D eigenvalue weighted by molar-refractivity contribution is 0.0525. The van der Waals surface area contributed by atoms with Crippen molar-refractivity contribution < 1.29 is 9.53 Å². The molecule has 0 radical (unpaired) electrons. The number of nitrogens with zero attached hydrogens (tertiary/aromatic N) is 1. The zero-order valence-electron chi connectivity index (χ0n) is 10.6. The fourth-order valence-corrected chi connectivity index (χ4v) is 2.73. The minimum absolute atomic E-state index is 0.341. The van der Waals surface area contributed by atoms with E-state index in [0.29, 0.717) is 22.2 Å². The van der Waals surface area contributed by atoms with E-state index in [1.807, 2.05) is 0 Å². The van der Waals surface area contributed by atoms with Gasteiger partial charge in [0, 0.05) is 16.1 Å². The molecule has 0 aliphatic carbocycles. The largest absolute Gasteiger partial charge is 0.462 e. The Balaban J connectivity index is 2.14. The van der Waals surface area contributed by atoms with E-state index in [9.17, 15) is 4.79 Å². The van der Waals surface area contributed by atoms with Gasteiger partial charge in [0.2, 0.25) is 0 Å². The molecule has 1 heterocycles. The molecular weight excluding hydrogens is 317 g/mol. The van der Waals surface area contributed by atoms with E-state index < -0.39 is 0 Å². The van der Waals surface area contributed by atoms with Crippen LogP contribution in [0.2, 0.25) is 10.0 Å². The third kappa shape index (κ3) is 3.88. The molecule has 0 saturated heterocycles. The van der Waals surface area contributed by atoms with Crippen LogP contribution in [0.25, 0.3) is 0 Å². The first-order valence-electron chi connectivity index (χ1n) is 5.86. The Hall–Kier alpha value is -1.23. The highest BCUT2D eigenvalue weighted by atomic mass is 35.5. The van der Waals surface area contributed by atoms with Gasteiger partial charge in [-0.25, -0.2) is 9.78 Å². The lowest BCUT2D eigenvalue weighted by Gasteiger charge is -2.05. The summed E-state index contributed by atoms with van der Waals surface area (Å²) in [6, 6.07) is 8.65. The maximum Gasteiger partial charge on any atom is 0.339 e. The molecule has 0 amide bonds. The van der Waals surface area contributed by atoms with E-state index >= 15 is 0 Å². The van der Waals surface area contributed by atoms with Crippen molar-refractivity contribution in [2.75, 3.05) is 6.61 Å². The van der Waals surface area contributed by atoms with E-state index in [2.05, 4.69) is 4.98 Å². The van der Waals surface area contributed by atoms with Crippen LogP contribution in [0.5, 0.6) is 0 Å². The standard InChI is InChI=1S/C14H11Cl2NO2S/c1-2-19-14(18)9-3-6-13(17-8-9)20-12-7-10(15)4-5-11(12)16/h3-8H,2H2,1H3. The molecule has 20 heavy (non-hydrogen) atoms. The predicted molar refractivity (Wildman–Crippen MR) is 80.8 cm³/mol. The number of carbonyl (C=O) groups excluding carboxylic acids is 1. The normalized spacial score (nSPS) is 10.3. The molecule has 2 rings (SSSR count). The molecule has 0 aliphatic heterocycles. The summed E-state index contributed by atoms with van der Waals surface area (Å²) in [6.07, 6.45) is 1.48. The molecule has 104 valence electrons. The summed E-state index contributed by atoms with van der Waals surface area (Å²) in [7, 11) is 0. The number of rotatable bonds is 4. The number of benzene rings is 1. The van der Waals surface area contributed by atoms with Gasteiger partial charge in [0.1, 0.15) is 5.03 Å². The van der Waals surface area contributed by atoms with Gasteiger partial charge in [-0.2, -0.15) is 0 Å². The number of hydrogen-bond donors (Lipinski definition) is 0. The van der Waals surface area contributed by atoms with Crippen molar-refractivity contribution in [2.24, 2.45) is 0 Å². The third-order valence-corrected chi connectivity index (χ3v) is 4.04. The van der Waals surface area contributed by atoms with Crippen molar-refractivity contribution >= 4 is 40.9 Å². The van der Waals surface area contributed by atoms with Gasteiger partial charge in [0.15, 0.2) is 0 Å². The molecule has 2 aromatic rings.